The molecule has 1 unspecified atom stereocenters. The van der Waals surface area contributed by atoms with Crippen LogP contribution in [0.5, 0.6) is 0 Å². The largest absolute Gasteiger partial charge is 0.301 e. The van der Waals surface area contributed by atoms with E-state index >= 15 is 0 Å². The summed E-state index contributed by atoms with van der Waals surface area (Å²) in [6.07, 6.45) is 0.195. The number of nitrogens with zero attached hydrogens (tertiary/aromatic N) is 1. The topological polar surface area (TPSA) is 49.4 Å². The summed E-state index contributed by atoms with van der Waals surface area (Å²) in [4.78, 5) is 26.0. The van der Waals surface area contributed by atoms with Crippen LogP contribution < -0.4 is 10.2 Å². The standard InChI is InChI=1S/C18H17BrN2O2/c1-12-5-7-15(8-6-12)21-17(22)10-16(18(21)23)20-11-13-3-2-4-14(19)9-13/h2-9,16,20H,10-11H2,1H3. The molecular formula is C18H17BrN2O2. The van der Waals surface area contributed by atoms with Crippen molar-refractivity contribution in [3.8, 4) is 0 Å². The highest BCUT2D eigenvalue weighted by Crippen LogP contribution is 2.23. The summed E-state index contributed by atoms with van der Waals surface area (Å²) < 4.78 is 0.993. The first kappa shape index (κ1) is 15.9. The Hall–Kier alpha value is -1.98. The number of anilines is 1. The third kappa shape index (κ3) is 3.51. The summed E-state index contributed by atoms with van der Waals surface area (Å²) in [5.41, 5.74) is 2.79. The van der Waals surface area contributed by atoms with Gasteiger partial charge in [-0.05, 0) is 36.8 Å². The van der Waals surface area contributed by atoms with Gasteiger partial charge in [0.15, 0.2) is 0 Å². The van der Waals surface area contributed by atoms with E-state index in [1.165, 1.54) is 4.90 Å². The molecule has 1 N–H and O–H groups in total. The van der Waals surface area contributed by atoms with Crippen molar-refractivity contribution in [1.29, 1.82) is 0 Å². The Kier molecular flexibility index (Phi) is 4.59. The van der Waals surface area contributed by atoms with Gasteiger partial charge in [-0.25, -0.2) is 4.90 Å². The van der Waals surface area contributed by atoms with Crippen LogP contribution in [0.2, 0.25) is 0 Å². The Morgan fingerprint density at radius 3 is 2.61 bits per heavy atom. The number of amides is 2. The number of carbonyl (C=O) groups excluding carboxylic acids is 2. The quantitative estimate of drug-likeness (QED) is 0.838. The van der Waals surface area contributed by atoms with Crippen LogP contribution in [0.15, 0.2) is 53.0 Å². The Bertz CT molecular complexity index is 743. The van der Waals surface area contributed by atoms with Crippen LogP contribution in [0.3, 0.4) is 0 Å². The maximum Gasteiger partial charge on any atom is 0.251 e. The third-order valence-electron chi connectivity index (χ3n) is 3.88. The number of hydrogen-bond donors (Lipinski definition) is 1. The first-order valence-electron chi connectivity index (χ1n) is 7.46. The van der Waals surface area contributed by atoms with Crippen molar-refractivity contribution < 1.29 is 9.59 Å². The van der Waals surface area contributed by atoms with Crippen LogP contribution in [0.1, 0.15) is 17.5 Å². The van der Waals surface area contributed by atoms with Gasteiger partial charge >= 0.3 is 0 Å². The molecule has 118 valence electrons. The predicted octanol–water partition coefficient (Wildman–Crippen LogP) is 3.18. The second-order valence-electron chi connectivity index (χ2n) is 5.67. The number of benzene rings is 2. The fourth-order valence-corrected chi connectivity index (χ4v) is 3.09. The smallest absolute Gasteiger partial charge is 0.251 e. The molecule has 3 rings (SSSR count). The molecule has 1 saturated heterocycles. The minimum Gasteiger partial charge on any atom is -0.301 e. The molecule has 5 heteroatoms. The summed E-state index contributed by atoms with van der Waals surface area (Å²) in [7, 11) is 0. The number of aryl methyl sites for hydroxylation is 1. The fraction of sp³-hybridized carbons (Fsp3) is 0.222. The first-order valence-corrected chi connectivity index (χ1v) is 8.25. The van der Waals surface area contributed by atoms with E-state index in [-0.39, 0.29) is 18.2 Å². The molecule has 1 aliphatic rings. The van der Waals surface area contributed by atoms with Crippen LogP contribution in [0, 0.1) is 6.92 Å². The zero-order valence-corrected chi connectivity index (χ0v) is 14.3. The monoisotopic (exact) mass is 372 g/mol. The van der Waals surface area contributed by atoms with Gasteiger partial charge in [-0.1, -0.05) is 45.8 Å². The average Bonchev–Trinajstić information content (AvgIpc) is 2.81. The highest BCUT2D eigenvalue weighted by atomic mass is 79.9. The van der Waals surface area contributed by atoms with Gasteiger partial charge in [-0.15, -0.1) is 0 Å². The first-order chi connectivity index (χ1) is 11.0. The van der Waals surface area contributed by atoms with Gasteiger partial charge in [0.05, 0.1) is 18.2 Å². The van der Waals surface area contributed by atoms with E-state index in [0.717, 1.165) is 15.6 Å². The average molecular weight is 373 g/mol. The van der Waals surface area contributed by atoms with Gasteiger partial charge < -0.3 is 5.32 Å². The molecule has 0 spiro atoms. The van der Waals surface area contributed by atoms with E-state index in [0.29, 0.717) is 12.2 Å². The lowest BCUT2D eigenvalue weighted by atomic mass is 10.2. The SMILES string of the molecule is Cc1ccc(N2C(=O)CC(NCc3cccc(Br)c3)C2=O)cc1. The summed E-state index contributed by atoms with van der Waals surface area (Å²) >= 11 is 3.43. The lowest BCUT2D eigenvalue weighted by Crippen LogP contribution is -2.38. The van der Waals surface area contributed by atoms with Gasteiger partial charge in [0.2, 0.25) is 5.91 Å². The van der Waals surface area contributed by atoms with Crippen LogP contribution in [-0.2, 0) is 16.1 Å². The molecule has 0 bridgehead atoms. The van der Waals surface area contributed by atoms with Crippen LogP contribution in [-0.4, -0.2) is 17.9 Å². The fourth-order valence-electron chi connectivity index (χ4n) is 2.64. The minimum absolute atomic E-state index is 0.161. The van der Waals surface area contributed by atoms with E-state index in [2.05, 4.69) is 21.2 Å². The van der Waals surface area contributed by atoms with E-state index in [4.69, 9.17) is 0 Å². The van der Waals surface area contributed by atoms with Gasteiger partial charge in [0.25, 0.3) is 5.91 Å². The number of hydrogen-bond acceptors (Lipinski definition) is 3. The number of halogens is 1. The van der Waals surface area contributed by atoms with E-state index < -0.39 is 6.04 Å². The van der Waals surface area contributed by atoms with Crippen molar-refractivity contribution in [2.75, 3.05) is 4.90 Å². The number of rotatable bonds is 4. The highest BCUT2D eigenvalue weighted by Gasteiger charge is 2.39. The van der Waals surface area contributed by atoms with Crippen molar-refractivity contribution in [2.45, 2.75) is 25.9 Å². The van der Waals surface area contributed by atoms with E-state index in [1.54, 1.807) is 0 Å². The van der Waals surface area contributed by atoms with E-state index in [9.17, 15) is 9.59 Å². The molecule has 2 aromatic rings. The Labute approximate surface area is 143 Å². The molecule has 1 fully saturated rings. The van der Waals surface area contributed by atoms with Crippen molar-refractivity contribution in [2.24, 2.45) is 0 Å². The number of nitrogens with one attached hydrogen (secondary N) is 1. The molecule has 2 amide bonds. The second-order valence-corrected chi connectivity index (χ2v) is 6.59. The summed E-state index contributed by atoms with van der Waals surface area (Å²) in [5, 5.41) is 3.18. The normalized spacial score (nSPS) is 17.8. The third-order valence-corrected chi connectivity index (χ3v) is 4.37. The number of carbonyl (C=O) groups is 2. The van der Waals surface area contributed by atoms with Crippen LogP contribution in [0.4, 0.5) is 5.69 Å². The Morgan fingerprint density at radius 2 is 1.91 bits per heavy atom. The number of imide groups is 1. The zero-order valence-electron chi connectivity index (χ0n) is 12.8. The molecule has 0 aromatic heterocycles. The maximum absolute atomic E-state index is 12.5. The van der Waals surface area contributed by atoms with Gasteiger partial charge in [-0.3, -0.25) is 9.59 Å². The van der Waals surface area contributed by atoms with Crippen molar-refractivity contribution in [3.05, 3.63) is 64.1 Å². The predicted molar refractivity (Wildman–Crippen MR) is 93.1 cm³/mol. The molecular weight excluding hydrogens is 356 g/mol. The molecule has 1 atom stereocenters. The van der Waals surface area contributed by atoms with Gasteiger partial charge in [-0.2, -0.15) is 0 Å². The molecule has 0 radical (unpaired) electrons. The summed E-state index contributed by atoms with van der Waals surface area (Å²) in [6.45, 7) is 2.52. The van der Waals surface area contributed by atoms with Crippen LogP contribution >= 0.6 is 15.9 Å². The summed E-state index contributed by atoms with van der Waals surface area (Å²) in [6, 6.07) is 14.8. The second kappa shape index (κ2) is 6.64. The highest BCUT2D eigenvalue weighted by molar-refractivity contribution is 9.10. The van der Waals surface area contributed by atoms with Crippen molar-refractivity contribution >= 4 is 33.4 Å². The molecule has 0 saturated carbocycles. The molecule has 0 aliphatic carbocycles. The molecule has 1 heterocycles. The minimum atomic E-state index is -0.470. The molecule has 1 aliphatic heterocycles. The van der Waals surface area contributed by atoms with E-state index in [1.807, 2.05) is 55.5 Å². The van der Waals surface area contributed by atoms with Gasteiger partial charge in [0, 0.05) is 11.0 Å². The molecule has 23 heavy (non-hydrogen) atoms. The Morgan fingerprint density at radius 1 is 1.17 bits per heavy atom. The summed E-state index contributed by atoms with van der Waals surface area (Å²) in [5.74, 6) is -0.348. The molecule has 4 nitrogen and oxygen atoms in total. The Balaban J connectivity index is 1.70. The van der Waals surface area contributed by atoms with Gasteiger partial charge in [0.1, 0.15) is 0 Å². The van der Waals surface area contributed by atoms with Crippen molar-refractivity contribution in [3.63, 3.8) is 0 Å². The van der Waals surface area contributed by atoms with Crippen molar-refractivity contribution in [1.82, 2.24) is 5.32 Å². The molecule has 2 aromatic carbocycles. The maximum atomic E-state index is 12.5. The lowest BCUT2D eigenvalue weighted by Gasteiger charge is -2.16. The zero-order chi connectivity index (χ0) is 16.4. The lowest BCUT2D eigenvalue weighted by molar-refractivity contribution is -0.121. The van der Waals surface area contributed by atoms with Crippen LogP contribution in [0.25, 0.3) is 0 Å².